The van der Waals surface area contributed by atoms with Crippen LogP contribution >= 0.6 is 11.3 Å². The standard InChI is InChI=1S/C30H30FNO2S/c1-20-14-16-32(19-20)15-2-3-21-4-6-22(7-5-21)17-27-26-13-12-25(33)18-28(26)35-30(27)29(34)23-8-10-24(31)11-9-23/h4-13,18,20,33H,2-3,14-17,19H2,1H3. The number of rotatable bonds is 8. The molecule has 1 aliphatic heterocycles. The van der Waals surface area contributed by atoms with Gasteiger partial charge >= 0.3 is 0 Å². The molecule has 1 N–H and O–H groups in total. The van der Waals surface area contributed by atoms with Gasteiger partial charge in [0.25, 0.3) is 0 Å². The fraction of sp³-hybridized carbons (Fsp3) is 0.300. The molecular formula is C30H30FNO2S. The molecule has 0 saturated carbocycles. The molecule has 0 amide bonds. The van der Waals surface area contributed by atoms with E-state index in [0.29, 0.717) is 16.9 Å². The number of ketones is 1. The molecule has 1 unspecified atom stereocenters. The highest BCUT2D eigenvalue weighted by atomic mass is 32.1. The maximum Gasteiger partial charge on any atom is 0.203 e. The first-order valence-corrected chi connectivity index (χ1v) is 13.1. The highest BCUT2D eigenvalue weighted by molar-refractivity contribution is 7.21. The largest absolute Gasteiger partial charge is 0.508 e. The van der Waals surface area contributed by atoms with Crippen LogP contribution in [0.15, 0.2) is 66.7 Å². The predicted octanol–water partition coefficient (Wildman–Crippen LogP) is 6.84. The Hall–Kier alpha value is -3.02. The number of halogens is 1. The van der Waals surface area contributed by atoms with Gasteiger partial charge in [0.2, 0.25) is 5.78 Å². The van der Waals surface area contributed by atoms with E-state index in [9.17, 15) is 14.3 Å². The number of phenolic OH excluding ortho intramolecular Hbond substituents is 1. The van der Waals surface area contributed by atoms with Crippen LogP contribution < -0.4 is 0 Å². The van der Waals surface area contributed by atoms with E-state index in [1.165, 1.54) is 67.1 Å². The van der Waals surface area contributed by atoms with Crippen molar-refractivity contribution in [2.45, 2.75) is 32.6 Å². The second kappa shape index (κ2) is 10.3. The van der Waals surface area contributed by atoms with Gasteiger partial charge in [-0.1, -0.05) is 31.2 Å². The summed E-state index contributed by atoms with van der Waals surface area (Å²) in [6, 6.07) is 19.6. The van der Waals surface area contributed by atoms with Crippen molar-refractivity contribution in [3.05, 3.63) is 99.7 Å². The van der Waals surface area contributed by atoms with Gasteiger partial charge in [0.1, 0.15) is 11.6 Å². The third-order valence-electron chi connectivity index (χ3n) is 6.94. The Balaban J connectivity index is 1.34. The van der Waals surface area contributed by atoms with Gasteiger partial charge in [-0.25, -0.2) is 4.39 Å². The number of hydrogen-bond donors (Lipinski definition) is 1. The van der Waals surface area contributed by atoms with E-state index in [-0.39, 0.29) is 17.3 Å². The number of aryl methyl sites for hydroxylation is 1. The Bertz CT molecular complexity index is 1330. The zero-order valence-corrected chi connectivity index (χ0v) is 20.8. The van der Waals surface area contributed by atoms with Crippen LogP contribution in [0.2, 0.25) is 0 Å². The van der Waals surface area contributed by atoms with E-state index in [1.54, 1.807) is 12.1 Å². The minimum atomic E-state index is -0.363. The third-order valence-corrected chi connectivity index (χ3v) is 8.13. The maximum absolute atomic E-state index is 13.4. The number of benzene rings is 3. The van der Waals surface area contributed by atoms with E-state index in [0.717, 1.165) is 40.1 Å². The predicted molar refractivity (Wildman–Crippen MR) is 141 cm³/mol. The number of carbonyl (C=O) groups excluding carboxylic acids is 1. The summed E-state index contributed by atoms with van der Waals surface area (Å²) in [4.78, 5) is 16.6. The SMILES string of the molecule is CC1CCN(CCCc2ccc(Cc3c(C(=O)c4ccc(F)cc4)sc4cc(O)ccc34)cc2)C1. The van der Waals surface area contributed by atoms with Crippen molar-refractivity contribution in [2.24, 2.45) is 5.92 Å². The van der Waals surface area contributed by atoms with E-state index in [2.05, 4.69) is 36.1 Å². The van der Waals surface area contributed by atoms with Gasteiger partial charge in [0.15, 0.2) is 0 Å². The first-order chi connectivity index (χ1) is 17.0. The van der Waals surface area contributed by atoms with Crippen molar-refractivity contribution in [1.82, 2.24) is 4.90 Å². The number of thiophene rings is 1. The summed E-state index contributed by atoms with van der Waals surface area (Å²) in [5.74, 6) is 0.525. The highest BCUT2D eigenvalue weighted by Gasteiger charge is 2.21. The summed E-state index contributed by atoms with van der Waals surface area (Å²) in [6.07, 6.45) is 4.18. The summed E-state index contributed by atoms with van der Waals surface area (Å²) < 4.78 is 14.3. The van der Waals surface area contributed by atoms with E-state index < -0.39 is 0 Å². The molecule has 4 aromatic rings. The average Bonchev–Trinajstić information content (AvgIpc) is 3.43. The lowest BCUT2D eigenvalue weighted by atomic mass is 9.97. The number of aromatic hydroxyl groups is 1. The molecule has 1 saturated heterocycles. The molecule has 35 heavy (non-hydrogen) atoms. The minimum Gasteiger partial charge on any atom is -0.508 e. The Morgan fingerprint density at radius 2 is 1.80 bits per heavy atom. The van der Waals surface area contributed by atoms with Gasteiger partial charge in [-0.3, -0.25) is 4.79 Å². The van der Waals surface area contributed by atoms with Crippen LogP contribution in [0.4, 0.5) is 4.39 Å². The quantitative estimate of drug-likeness (QED) is 0.277. The van der Waals surface area contributed by atoms with Crippen LogP contribution in [-0.2, 0) is 12.8 Å². The summed E-state index contributed by atoms with van der Waals surface area (Å²) in [5.41, 5.74) is 3.90. The lowest BCUT2D eigenvalue weighted by molar-refractivity contribution is 0.104. The zero-order valence-electron chi connectivity index (χ0n) is 20.0. The average molecular weight is 488 g/mol. The number of carbonyl (C=O) groups is 1. The van der Waals surface area contributed by atoms with Crippen molar-refractivity contribution in [3.8, 4) is 5.75 Å². The van der Waals surface area contributed by atoms with E-state index in [4.69, 9.17) is 0 Å². The number of hydrogen-bond acceptors (Lipinski definition) is 4. The topological polar surface area (TPSA) is 40.5 Å². The van der Waals surface area contributed by atoms with Crippen LogP contribution in [0.25, 0.3) is 10.1 Å². The number of phenols is 1. The molecule has 0 spiro atoms. The lowest BCUT2D eigenvalue weighted by Crippen LogP contribution is -2.21. The van der Waals surface area contributed by atoms with Gasteiger partial charge in [-0.15, -0.1) is 11.3 Å². The molecule has 5 heteroatoms. The molecule has 1 aromatic heterocycles. The van der Waals surface area contributed by atoms with Crippen molar-refractivity contribution < 1.29 is 14.3 Å². The monoisotopic (exact) mass is 487 g/mol. The Morgan fingerprint density at radius 3 is 2.51 bits per heavy atom. The zero-order chi connectivity index (χ0) is 24.4. The van der Waals surface area contributed by atoms with Crippen LogP contribution in [0, 0.1) is 11.7 Å². The summed E-state index contributed by atoms with van der Waals surface area (Å²) in [5, 5.41) is 10.9. The van der Waals surface area contributed by atoms with Crippen molar-refractivity contribution >= 4 is 27.2 Å². The van der Waals surface area contributed by atoms with E-state index >= 15 is 0 Å². The fourth-order valence-electron chi connectivity index (χ4n) is 4.99. The Morgan fingerprint density at radius 1 is 1.06 bits per heavy atom. The van der Waals surface area contributed by atoms with Crippen molar-refractivity contribution in [3.63, 3.8) is 0 Å². The smallest absolute Gasteiger partial charge is 0.203 e. The van der Waals surface area contributed by atoms with Crippen LogP contribution in [0.3, 0.4) is 0 Å². The second-order valence-electron chi connectivity index (χ2n) is 9.72. The molecule has 3 aromatic carbocycles. The second-order valence-corrected chi connectivity index (χ2v) is 10.8. The normalized spacial score (nSPS) is 16.2. The van der Waals surface area contributed by atoms with Crippen LogP contribution in [0.1, 0.15) is 51.7 Å². The summed E-state index contributed by atoms with van der Waals surface area (Å²) >= 11 is 1.38. The maximum atomic E-state index is 13.4. The molecule has 1 atom stereocenters. The molecule has 180 valence electrons. The fourth-order valence-corrected chi connectivity index (χ4v) is 6.21. The van der Waals surface area contributed by atoms with E-state index in [1.807, 2.05) is 6.07 Å². The first kappa shape index (κ1) is 23.7. The van der Waals surface area contributed by atoms with Crippen molar-refractivity contribution in [2.75, 3.05) is 19.6 Å². The molecule has 1 fully saturated rings. The van der Waals surface area contributed by atoms with Crippen LogP contribution in [-0.4, -0.2) is 35.4 Å². The number of nitrogens with zero attached hydrogens (tertiary/aromatic N) is 1. The molecule has 5 rings (SSSR count). The lowest BCUT2D eigenvalue weighted by Gasteiger charge is -2.14. The van der Waals surface area contributed by atoms with Gasteiger partial charge in [-0.2, -0.15) is 0 Å². The van der Waals surface area contributed by atoms with Crippen molar-refractivity contribution in [1.29, 1.82) is 0 Å². The van der Waals surface area contributed by atoms with Gasteiger partial charge in [-0.05, 0) is 109 Å². The van der Waals surface area contributed by atoms with Gasteiger partial charge < -0.3 is 10.0 Å². The molecule has 0 radical (unpaired) electrons. The van der Waals surface area contributed by atoms with Gasteiger partial charge in [0.05, 0.1) is 4.88 Å². The Kier molecular flexibility index (Phi) is 6.98. The Labute approximate surface area is 209 Å². The molecule has 0 bridgehead atoms. The molecule has 2 heterocycles. The molecule has 0 aliphatic carbocycles. The van der Waals surface area contributed by atoms with Gasteiger partial charge in [0, 0.05) is 16.8 Å². The highest BCUT2D eigenvalue weighted by Crippen LogP contribution is 2.36. The molecule has 3 nitrogen and oxygen atoms in total. The minimum absolute atomic E-state index is 0.117. The first-order valence-electron chi connectivity index (χ1n) is 12.3. The van der Waals surface area contributed by atoms with Crippen LogP contribution in [0.5, 0.6) is 5.75 Å². The third kappa shape index (κ3) is 5.47. The summed E-state index contributed by atoms with van der Waals surface area (Å²) in [6.45, 7) is 5.95. The number of fused-ring (bicyclic) bond motifs is 1. The molecule has 1 aliphatic rings. The molecular weight excluding hydrogens is 457 g/mol. The summed E-state index contributed by atoms with van der Waals surface area (Å²) in [7, 11) is 0. The number of likely N-dealkylation sites (tertiary alicyclic amines) is 1.